The van der Waals surface area contributed by atoms with Gasteiger partial charge in [0.15, 0.2) is 5.82 Å². The lowest BCUT2D eigenvalue weighted by Gasteiger charge is -2.16. The fourth-order valence-corrected chi connectivity index (χ4v) is 4.79. The predicted molar refractivity (Wildman–Crippen MR) is 136 cm³/mol. The van der Waals surface area contributed by atoms with E-state index < -0.39 is 0 Å². The van der Waals surface area contributed by atoms with Crippen molar-refractivity contribution in [2.75, 3.05) is 0 Å². The summed E-state index contributed by atoms with van der Waals surface area (Å²) in [5, 5.41) is 12.7. The maximum atomic E-state index is 15.2. The Labute approximate surface area is 202 Å². The van der Waals surface area contributed by atoms with Gasteiger partial charge in [0, 0.05) is 17.1 Å². The molecule has 0 radical (unpaired) electrons. The highest BCUT2D eigenvalue weighted by molar-refractivity contribution is 5.78. The average Bonchev–Trinajstić information content (AvgIpc) is 3.51. The molecule has 35 heavy (non-hydrogen) atoms. The smallest absolute Gasteiger partial charge is 0.150 e. The zero-order valence-corrected chi connectivity index (χ0v) is 19.2. The van der Waals surface area contributed by atoms with Gasteiger partial charge in [0.25, 0.3) is 0 Å². The third-order valence-electron chi connectivity index (χ3n) is 6.61. The number of aliphatic imine (C=N–C) groups is 1. The third-order valence-corrected chi connectivity index (χ3v) is 6.61. The van der Waals surface area contributed by atoms with Gasteiger partial charge < -0.3 is 0 Å². The van der Waals surface area contributed by atoms with Crippen LogP contribution >= 0.6 is 0 Å². The van der Waals surface area contributed by atoms with Gasteiger partial charge in [-0.25, -0.2) is 9.38 Å². The first-order valence-corrected chi connectivity index (χ1v) is 11.8. The number of allylic oxidation sites excluding steroid dienone is 1. The predicted octanol–water partition coefficient (Wildman–Crippen LogP) is 6.28. The van der Waals surface area contributed by atoms with Crippen LogP contribution in [0.1, 0.15) is 23.1 Å². The molecule has 3 aromatic carbocycles. The molecule has 0 spiro atoms. The third kappa shape index (κ3) is 4.44. The van der Waals surface area contributed by atoms with E-state index in [0.717, 1.165) is 52.5 Å². The summed E-state index contributed by atoms with van der Waals surface area (Å²) in [4.78, 5) is 4.37. The second kappa shape index (κ2) is 9.16. The quantitative estimate of drug-likeness (QED) is 0.335. The maximum Gasteiger partial charge on any atom is 0.150 e. The van der Waals surface area contributed by atoms with E-state index in [1.54, 1.807) is 12.3 Å². The Morgan fingerprint density at radius 1 is 1.03 bits per heavy atom. The van der Waals surface area contributed by atoms with Crippen molar-refractivity contribution in [2.45, 2.75) is 25.8 Å². The van der Waals surface area contributed by atoms with Gasteiger partial charge >= 0.3 is 0 Å². The Hall–Kier alpha value is -4.28. The van der Waals surface area contributed by atoms with Crippen molar-refractivity contribution in [1.82, 2.24) is 20.0 Å². The molecule has 1 atom stereocenters. The zero-order valence-electron chi connectivity index (χ0n) is 19.2. The lowest BCUT2D eigenvalue weighted by molar-refractivity contribution is 0.584. The first-order chi connectivity index (χ1) is 17.2. The summed E-state index contributed by atoms with van der Waals surface area (Å²) in [6, 6.07) is 22.1. The van der Waals surface area contributed by atoms with Gasteiger partial charge in [-0.1, -0.05) is 42.5 Å². The molecule has 0 amide bonds. The molecule has 0 fully saturated rings. The van der Waals surface area contributed by atoms with E-state index in [2.05, 4.69) is 62.6 Å². The van der Waals surface area contributed by atoms with Crippen molar-refractivity contribution in [1.29, 1.82) is 0 Å². The Bertz CT molecular complexity index is 1560. The highest BCUT2D eigenvalue weighted by Crippen LogP contribution is 2.33. The summed E-state index contributed by atoms with van der Waals surface area (Å²) >= 11 is 0. The number of nitrogens with one attached hydrogen (secondary N) is 1. The van der Waals surface area contributed by atoms with Crippen LogP contribution in [0.5, 0.6) is 0 Å². The van der Waals surface area contributed by atoms with Crippen LogP contribution in [-0.4, -0.2) is 25.8 Å². The molecule has 6 heteroatoms. The van der Waals surface area contributed by atoms with Gasteiger partial charge in [-0.2, -0.15) is 10.2 Å². The molecule has 5 aromatic rings. The number of rotatable bonds is 5. The van der Waals surface area contributed by atoms with Gasteiger partial charge in [-0.3, -0.25) is 9.78 Å². The fourth-order valence-electron chi connectivity index (χ4n) is 4.79. The summed E-state index contributed by atoms with van der Waals surface area (Å²) in [6.07, 6.45) is 8.08. The van der Waals surface area contributed by atoms with Crippen molar-refractivity contribution in [3.63, 3.8) is 0 Å². The van der Waals surface area contributed by atoms with E-state index in [1.165, 1.54) is 5.56 Å². The van der Waals surface area contributed by atoms with E-state index in [0.29, 0.717) is 12.2 Å². The van der Waals surface area contributed by atoms with E-state index in [1.807, 2.05) is 41.2 Å². The summed E-state index contributed by atoms with van der Waals surface area (Å²) < 4.78 is 17.1. The van der Waals surface area contributed by atoms with Gasteiger partial charge in [-0.05, 0) is 78.1 Å². The van der Waals surface area contributed by atoms with E-state index >= 15 is 4.39 Å². The molecule has 0 aliphatic carbocycles. The Morgan fingerprint density at radius 2 is 1.94 bits per heavy atom. The standard InChI is InChI=1S/C29H24FN5/c30-26-17-25(28-11-13-33-35(28)19-21-4-2-1-3-5-21)16-23-8-6-20(10-12-31-29(23)26)14-22-7-9-24-18-32-34-27(24)15-22/h1-5,7,9-11,13,15-18,20H,6,8,14,19H2,(H,32,34). The Balaban J connectivity index is 1.26. The Morgan fingerprint density at radius 3 is 2.86 bits per heavy atom. The highest BCUT2D eigenvalue weighted by Gasteiger charge is 2.17. The van der Waals surface area contributed by atoms with Crippen molar-refractivity contribution in [3.05, 3.63) is 108 Å². The van der Waals surface area contributed by atoms with Crippen LogP contribution in [0.25, 0.3) is 22.2 Å². The number of aromatic amines is 1. The minimum atomic E-state index is -0.325. The normalized spacial score (nSPS) is 15.2. The number of fused-ring (bicyclic) bond motifs is 2. The monoisotopic (exact) mass is 461 g/mol. The molecule has 0 bridgehead atoms. The molecule has 5 nitrogen and oxygen atoms in total. The van der Waals surface area contributed by atoms with E-state index in [-0.39, 0.29) is 11.7 Å². The largest absolute Gasteiger partial charge is 0.278 e. The first kappa shape index (κ1) is 21.3. The number of hydrogen-bond donors (Lipinski definition) is 1. The van der Waals surface area contributed by atoms with Crippen molar-refractivity contribution in [2.24, 2.45) is 10.9 Å². The molecule has 0 saturated heterocycles. The molecule has 1 unspecified atom stereocenters. The van der Waals surface area contributed by atoms with Gasteiger partial charge in [0.1, 0.15) is 5.69 Å². The summed E-state index contributed by atoms with van der Waals surface area (Å²) in [6.45, 7) is 0.630. The van der Waals surface area contributed by atoms with Crippen LogP contribution in [0.3, 0.4) is 0 Å². The Kier molecular flexibility index (Phi) is 5.57. The van der Waals surface area contributed by atoms with Crippen molar-refractivity contribution >= 4 is 22.5 Å². The van der Waals surface area contributed by atoms with Crippen molar-refractivity contribution in [3.8, 4) is 11.3 Å². The van der Waals surface area contributed by atoms with E-state index in [4.69, 9.17) is 0 Å². The second-order valence-corrected chi connectivity index (χ2v) is 9.03. The van der Waals surface area contributed by atoms with Crippen LogP contribution in [0.15, 0.2) is 90.2 Å². The number of nitrogens with zero attached hydrogens (tertiary/aromatic N) is 4. The topological polar surface area (TPSA) is 58.9 Å². The number of H-pyrrole nitrogens is 1. The van der Waals surface area contributed by atoms with Gasteiger partial charge in [0.05, 0.1) is 24.0 Å². The minimum absolute atomic E-state index is 0.266. The molecule has 3 heterocycles. The molecule has 1 aliphatic rings. The summed E-state index contributed by atoms with van der Waals surface area (Å²) in [5.41, 5.74) is 6.41. The van der Waals surface area contributed by atoms with Gasteiger partial charge in [0.2, 0.25) is 0 Å². The lowest BCUT2D eigenvalue weighted by Crippen LogP contribution is -2.07. The fraction of sp³-hybridized carbons (Fsp3) is 0.172. The SMILES string of the molecule is Fc1cc(-c2ccnn2Cc2ccccc2)cc2c1N=C=CC(Cc1ccc3cn[nH]c3c1)CC2. The van der Waals surface area contributed by atoms with Gasteiger partial charge in [-0.15, -0.1) is 0 Å². The molecule has 6 rings (SSSR count). The molecule has 2 aromatic heterocycles. The number of aromatic nitrogens is 4. The second-order valence-electron chi connectivity index (χ2n) is 9.03. The maximum absolute atomic E-state index is 15.2. The van der Waals surface area contributed by atoms with Crippen LogP contribution in [0.2, 0.25) is 0 Å². The minimum Gasteiger partial charge on any atom is -0.278 e. The number of halogens is 1. The number of aryl methyl sites for hydroxylation is 1. The van der Waals surface area contributed by atoms with Crippen LogP contribution in [0, 0.1) is 11.7 Å². The lowest BCUT2D eigenvalue weighted by atomic mass is 9.91. The van der Waals surface area contributed by atoms with E-state index in [9.17, 15) is 0 Å². The summed E-state index contributed by atoms with van der Waals surface area (Å²) in [7, 11) is 0. The molecular weight excluding hydrogens is 437 g/mol. The molecule has 1 N–H and O–H groups in total. The highest BCUT2D eigenvalue weighted by atomic mass is 19.1. The number of benzene rings is 3. The van der Waals surface area contributed by atoms with Crippen LogP contribution in [-0.2, 0) is 19.4 Å². The van der Waals surface area contributed by atoms with Crippen LogP contribution in [0.4, 0.5) is 10.1 Å². The molecule has 0 saturated carbocycles. The molecule has 1 aliphatic heterocycles. The summed E-state index contributed by atoms with van der Waals surface area (Å²) in [5.74, 6) is 2.95. The van der Waals surface area contributed by atoms with Crippen LogP contribution < -0.4 is 0 Å². The molecular formula is C29H24FN5. The van der Waals surface area contributed by atoms with Crippen molar-refractivity contribution < 1.29 is 4.39 Å². The molecule has 172 valence electrons. The average molecular weight is 462 g/mol. The zero-order chi connectivity index (χ0) is 23.6. The first-order valence-electron chi connectivity index (χ1n) is 11.8. The number of hydrogen-bond acceptors (Lipinski definition) is 3.